The van der Waals surface area contributed by atoms with E-state index in [0.29, 0.717) is 40.2 Å². The number of urea groups is 1. The zero-order chi connectivity index (χ0) is 17.6. The molecule has 1 aromatic carbocycles. The molecule has 2 aromatic rings. The molecule has 3 rings (SSSR count). The summed E-state index contributed by atoms with van der Waals surface area (Å²) in [6.07, 6.45) is 1.34. The van der Waals surface area contributed by atoms with Crippen molar-refractivity contribution in [2.75, 3.05) is 24.3 Å². The summed E-state index contributed by atoms with van der Waals surface area (Å²) >= 11 is 1.04. The summed E-state index contributed by atoms with van der Waals surface area (Å²) in [5.41, 5.74) is 0.475. The van der Waals surface area contributed by atoms with Crippen molar-refractivity contribution in [1.82, 2.24) is 5.32 Å². The van der Waals surface area contributed by atoms with Crippen LogP contribution in [0.5, 0.6) is 11.5 Å². The molecule has 0 radical (unpaired) electrons. The van der Waals surface area contributed by atoms with Crippen LogP contribution in [0.25, 0.3) is 0 Å². The molecule has 2 heterocycles. The van der Waals surface area contributed by atoms with Crippen LogP contribution < -0.4 is 24.8 Å². The van der Waals surface area contributed by atoms with Gasteiger partial charge in [-0.1, -0.05) is 0 Å². The molecule has 0 fully saturated rings. The molecule has 0 unspecified atom stereocenters. The van der Waals surface area contributed by atoms with Gasteiger partial charge in [-0.15, -0.1) is 0 Å². The first kappa shape index (κ1) is 16.9. The van der Waals surface area contributed by atoms with Crippen LogP contribution in [-0.2, 0) is 4.79 Å². The molecule has 0 saturated heterocycles. The van der Waals surface area contributed by atoms with E-state index in [-0.39, 0.29) is 5.75 Å². The Labute approximate surface area is 147 Å². The van der Waals surface area contributed by atoms with Crippen molar-refractivity contribution < 1.29 is 23.8 Å². The molecule has 0 spiro atoms. The smallest absolute Gasteiger partial charge is 0.325 e. The van der Waals surface area contributed by atoms with Gasteiger partial charge in [-0.05, 0) is 30.0 Å². The van der Waals surface area contributed by atoms with Crippen molar-refractivity contribution in [1.29, 1.82) is 0 Å². The minimum absolute atomic E-state index is 0.0547. The Morgan fingerprint density at radius 2 is 1.96 bits per heavy atom. The van der Waals surface area contributed by atoms with E-state index in [1.165, 1.54) is 6.20 Å². The number of rotatable bonds is 4. The average Bonchev–Trinajstić information content (AvgIpc) is 2.61. The number of anilines is 1. The van der Waals surface area contributed by atoms with Crippen LogP contribution in [0.4, 0.5) is 10.5 Å². The molecule has 0 atom stereocenters. The number of imide groups is 1. The third-order valence-corrected chi connectivity index (χ3v) is 4.21. The maximum Gasteiger partial charge on any atom is 0.325 e. The van der Waals surface area contributed by atoms with Crippen LogP contribution in [0.1, 0.15) is 0 Å². The van der Waals surface area contributed by atoms with Gasteiger partial charge in [0.05, 0.1) is 5.75 Å². The van der Waals surface area contributed by atoms with Crippen LogP contribution >= 0.6 is 11.8 Å². The second-order valence-electron chi connectivity index (χ2n) is 5.01. The zero-order valence-corrected chi connectivity index (χ0v) is 13.9. The Hall–Kier alpha value is -2.94. The van der Waals surface area contributed by atoms with E-state index >= 15 is 0 Å². The third-order valence-electron chi connectivity index (χ3n) is 3.19. The molecular formula is C16H15N3O5S. The topological polar surface area (TPSA) is 104 Å². The first-order chi connectivity index (χ1) is 12.1. The Kier molecular flexibility index (Phi) is 5.24. The third kappa shape index (κ3) is 4.54. The van der Waals surface area contributed by atoms with Crippen molar-refractivity contribution >= 4 is 29.4 Å². The van der Waals surface area contributed by atoms with E-state index < -0.39 is 11.9 Å². The molecule has 1 aliphatic heterocycles. The Balaban J connectivity index is 1.50. The lowest BCUT2D eigenvalue weighted by atomic mass is 10.2. The monoisotopic (exact) mass is 361 g/mol. The van der Waals surface area contributed by atoms with Crippen molar-refractivity contribution in [3.05, 3.63) is 47.8 Å². The highest BCUT2D eigenvalue weighted by molar-refractivity contribution is 7.99. The molecule has 25 heavy (non-hydrogen) atoms. The number of amides is 3. The number of benzene rings is 1. The van der Waals surface area contributed by atoms with Gasteiger partial charge < -0.3 is 20.0 Å². The van der Waals surface area contributed by atoms with E-state index in [9.17, 15) is 14.8 Å². The first-order valence-electron chi connectivity index (χ1n) is 7.43. The van der Waals surface area contributed by atoms with E-state index in [1.807, 2.05) is 0 Å². The van der Waals surface area contributed by atoms with Gasteiger partial charge in [-0.25, -0.2) is 4.79 Å². The maximum absolute atomic E-state index is 11.9. The number of aromatic nitrogens is 1. The SMILES string of the molecule is O=C(CSc1cccc[n+]1[O-])NC(=O)Nc1ccc2c(c1)OCCO2. The lowest BCUT2D eigenvalue weighted by Gasteiger charge is -2.19. The number of carbonyl (C=O) groups is 2. The van der Waals surface area contributed by atoms with Gasteiger partial charge in [0.15, 0.2) is 17.7 Å². The quantitative estimate of drug-likeness (QED) is 0.486. The van der Waals surface area contributed by atoms with Gasteiger partial charge in [-0.2, -0.15) is 4.73 Å². The molecule has 130 valence electrons. The minimum atomic E-state index is -0.662. The summed E-state index contributed by atoms with van der Waals surface area (Å²) in [5, 5.41) is 16.6. The van der Waals surface area contributed by atoms with Crippen molar-refractivity contribution in [3.8, 4) is 11.5 Å². The lowest BCUT2D eigenvalue weighted by molar-refractivity contribution is -0.645. The van der Waals surface area contributed by atoms with Gasteiger partial charge in [0.2, 0.25) is 5.91 Å². The summed E-state index contributed by atoms with van der Waals surface area (Å²) in [5.74, 6) is 0.582. The second kappa shape index (κ2) is 7.75. The summed E-state index contributed by atoms with van der Waals surface area (Å²) in [7, 11) is 0. The van der Waals surface area contributed by atoms with E-state index in [2.05, 4.69) is 10.6 Å². The number of fused-ring (bicyclic) bond motifs is 1. The number of nitrogens with one attached hydrogen (secondary N) is 2. The molecule has 0 saturated carbocycles. The number of ether oxygens (including phenoxy) is 2. The predicted molar refractivity (Wildman–Crippen MR) is 90.7 cm³/mol. The molecule has 3 amide bonds. The van der Waals surface area contributed by atoms with Gasteiger partial charge in [0.25, 0.3) is 5.03 Å². The highest BCUT2D eigenvalue weighted by Gasteiger charge is 2.15. The van der Waals surface area contributed by atoms with Crippen molar-refractivity contribution in [2.45, 2.75) is 5.03 Å². The van der Waals surface area contributed by atoms with E-state index in [0.717, 1.165) is 11.8 Å². The van der Waals surface area contributed by atoms with Gasteiger partial charge >= 0.3 is 6.03 Å². The van der Waals surface area contributed by atoms with Gasteiger partial charge in [0, 0.05) is 23.9 Å². The maximum atomic E-state index is 11.9. The summed E-state index contributed by atoms with van der Waals surface area (Å²) in [6.45, 7) is 0.925. The standard InChI is InChI=1S/C16H15N3O5S/c20-14(10-25-15-3-1-2-6-19(15)22)18-16(21)17-11-4-5-12-13(9-11)24-8-7-23-12/h1-6,9H,7-8,10H2,(H2,17,18,20,21). The number of nitrogens with zero attached hydrogens (tertiary/aromatic N) is 1. The van der Waals surface area contributed by atoms with Crippen LogP contribution in [0.3, 0.4) is 0 Å². The zero-order valence-electron chi connectivity index (χ0n) is 13.1. The fourth-order valence-corrected chi connectivity index (χ4v) is 2.82. The largest absolute Gasteiger partial charge is 0.618 e. The molecule has 0 bridgehead atoms. The molecule has 0 aliphatic carbocycles. The Morgan fingerprint density at radius 1 is 1.16 bits per heavy atom. The highest BCUT2D eigenvalue weighted by atomic mass is 32.2. The molecule has 8 nitrogen and oxygen atoms in total. The number of hydrogen-bond acceptors (Lipinski definition) is 6. The summed E-state index contributed by atoms with van der Waals surface area (Å²) in [6, 6.07) is 9.19. The highest BCUT2D eigenvalue weighted by Crippen LogP contribution is 2.32. The van der Waals surface area contributed by atoms with Crippen LogP contribution in [0, 0.1) is 5.21 Å². The van der Waals surface area contributed by atoms with E-state index in [1.54, 1.807) is 36.4 Å². The normalized spacial score (nSPS) is 12.3. The molecular weight excluding hydrogens is 346 g/mol. The summed E-state index contributed by atoms with van der Waals surface area (Å²) < 4.78 is 11.5. The predicted octanol–water partition coefficient (Wildman–Crippen LogP) is 1.53. The van der Waals surface area contributed by atoms with E-state index in [4.69, 9.17) is 9.47 Å². The Morgan fingerprint density at radius 3 is 2.76 bits per heavy atom. The molecule has 1 aromatic heterocycles. The number of hydrogen-bond donors (Lipinski definition) is 2. The van der Waals surface area contributed by atoms with Gasteiger partial charge in [0.1, 0.15) is 13.2 Å². The minimum Gasteiger partial charge on any atom is -0.618 e. The average molecular weight is 361 g/mol. The lowest BCUT2D eigenvalue weighted by Crippen LogP contribution is -2.36. The number of carbonyl (C=O) groups excluding carboxylic acids is 2. The van der Waals surface area contributed by atoms with Crippen molar-refractivity contribution in [2.24, 2.45) is 0 Å². The fourth-order valence-electron chi connectivity index (χ4n) is 2.11. The molecule has 1 aliphatic rings. The van der Waals surface area contributed by atoms with Crippen LogP contribution in [-0.4, -0.2) is 30.9 Å². The van der Waals surface area contributed by atoms with Crippen LogP contribution in [0.15, 0.2) is 47.6 Å². The summed E-state index contributed by atoms with van der Waals surface area (Å²) in [4.78, 5) is 23.7. The number of thioether (sulfide) groups is 1. The molecule has 2 N–H and O–H groups in total. The second-order valence-corrected chi connectivity index (χ2v) is 6.01. The fraction of sp³-hybridized carbons (Fsp3) is 0.188. The van der Waals surface area contributed by atoms with Crippen LogP contribution in [0.2, 0.25) is 0 Å². The first-order valence-corrected chi connectivity index (χ1v) is 8.42. The number of pyridine rings is 1. The molecule has 9 heteroatoms. The Bertz CT molecular complexity index is 799. The van der Waals surface area contributed by atoms with Crippen molar-refractivity contribution in [3.63, 3.8) is 0 Å². The van der Waals surface area contributed by atoms with Gasteiger partial charge in [-0.3, -0.25) is 10.1 Å².